The van der Waals surface area contributed by atoms with Crippen LogP contribution in [0, 0.1) is 6.92 Å². The lowest BCUT2D eigenvalue weighted by molar-refractivity contribution is -0.111. The SMILES string of the molecule is Cc1c(CC(=O)Cl)cccc1C(=O)c1ccc(Cl)cc1. The van der Waals surface area contributed by atoms with E-state index in [0.717, 1.165) is 11.1 Å². The molecule has 0 atom stereocenters. The minimum Gasteiger partial charge on any atom is -0.289 e. The van der Waals surface area contributed by atoms with E-state index in [2.05, 4.69) is 0 Å². The van der Waals surface area contributed by atoms with Gasteiger partial charge in [0.25, 0.3) is 0 Å². The van der Waals surface area contributed by atoms with Gasteiger partial charge in [-0.1, -0.05) is 29.8 Å². The van der Waals surface area contributed by atoms with Gasteiger partial charge in [-0.05, 0) is 53.9 Å². The standard InChI is InChI=1S/C16H12Cl2O2/c1-10-12(9-15(18)19)3-2-4-14(10)16(20)11-5-7-13(17)8-6-11/h2-8H,9H2,1H3. The van der Waals surface area contributed by atoms with Gasteiger partial charge < -0.3 is 0 Å². The van der Waals surface area contributed by atoms with Crippen molar-refractivity contribution in [2.75, 3.05) is 0 Å². The van der Waals surface area contributed by atoms with Crippen LogP contribution in [0.2, 0.25) is 5.02 Å². The molecule has 0 heterocycles. The molecule has 0 radical (unpaired) electrons. The highest BCUT2D eigenvalue weighted by atomic mass is 35.5. The number of benzene rings is 2. The van der Waals surface area contributed by atoms with Crippen molar-refractivity contribution < 1.29 is 9.59 Å². The summed E-state index contributed by atoms with van der Waals surface area (Å²) in [6, 6.07) is 12.0. The summed E-state index contributed by atoms with van der Waals surface area (Å²) in [7, 11) is 0. The van der Waals surface area contributed by atoms with Crippen molar-refractivity contribution in [2.24, 2.45) is 0 Å². The van der Waals surface area contributed by atoms with Crippen LogP contribution >= 0.6 is 23.2 Å². The van der Waals surface area contributed by atoms with Crippen molar-refractivity contribution in [2.45, 2.75) is 13.3 Å². The molecule has 0 aliphatic heterocycles. The molecule has 0 aliphatic carbocycles. The van der Waals surface area contributed by atoms with Crippen molar-refractivity contribution in [1.29, 1.82) is 0 Å². The molecule has 0 saturated heterocycles. The Morgan fingerprint density at radius 3 is 2.30 bits per heavy atom. The van der Waals surface area contributed by atoms with Crippen LogP contribution in [0.15, 0.2) is 42.5 Å². The van der Waals surface area contributed by atoms with Gasteiger partial charge in [0, 0.05) is 22.6 Å². The van der Waals surface area contributed by atoms with E-state index in [9.17, 15) is 9.59 Å². The summed E-state index contributed by atoms with van der Waals surface area (Å²) in [5.74, 6) is -0.0944. The van der Waals surface area contributed by atoms with Crippen LogP contribution in [-0.2, 0) is 11.2 Å². The highest BCUT2D eigenvalue weighted by Gasteiger charge is 2.14. The molecule has 4 heteroatoms. The first-order chi connectivity index (χ1) is 9.49. The van der Waals surface area contributed by atoms with Crippen molar-refractivity contribution in [3.05, 3.63) is 69.7 Å². The van der Waals surface area contributed by atoms with Crippen molar-refractivity contribution in [3.63, 3.8) is 0 Å². The molecule has 20 heavy (non-hydrogen) atoms. The largest absolute Gasteiger partial charge is 0.289 e. The first-order valence-electron chi connectivity index (χ1n) is 6.06. The van der Waals surface area contributed by atoms with Crippen LogP contribution in [0.4, 0.5) is 0 Å². The number of carbonyl (C=O) groups is 2. The zero-order valence-electron chi connectivity index (χ0n) is 10.8. The van der Waals surface area contributed by atoms with Crippen LogP contribution in [-0.4, -0.2) is 11.0 Å². The van der Waals surface area contributed by atoms with Crippen molar-refractivity contribution >= 4 is 34.2 Å². The van der Waals surface area contributed by atoms with Crippen LogP contribution in [0.25, 0.3) is 0 Å². The van der Waals surface area contributed by atoms with E-state index in [1.54, 1.807) is 42.5 Å². The molecule has 102 valence electrons. The number of rotatable bonds is 4. The fourth-order valence-electron chi connectivity index (χ4n) is 2.03. The van der Waals surface area contributed by atoms with Gasteiger partial charge in [0.1, 0.15) is 0 Å². The van der Waals surface area contributed by atoms with Gasteiger partial charge in [0.15, 0.2) is 5.78 Å². The Bertz CT molecular complexity index is 661. The summed E-state index contributed by atoms with van der Waals surface area (Å²) in [5, 5.41) is 0.143. The maximum Gasteiger partial charge on any atom is 0.226 e. The molecule has 2 nitrogen and oxygen atoms in total. The number of carbonyl (C=O) groups excluding carboxylic acids is 2. The van der Waals surface area contributed by atoms with Crippen molar-refractivity contribution in [3.8, 4) is 0 Å². The minimum atomic E-state index is -0.441. The van der Waals surface area contributed by atoms with E-state index < -0.39 is 5.24 Å². The van der Waals surface area contributed by atoms with Gasteiger partial charge in [-0.25, -0.2) is 0 Å². The van der Waals surface area contributed by atoms with Crippen LogP contribution in [0.1, 0.15) is 27.0 Å². The molecule has 0 aromatic heterocycles. The lowest BCUT2D eigenvalue weighted by Gasteiger charge is -2.09. The third kappa shape index (κ3) is 3.27. The van der Waals surface area contributed by atoms with E-state index in [0.29, 0.717) is 16.1 Å². The van der Waals surface area contributed by atoms with Crippen molar-refractivity contribution in [1.82, 2.24) is 0 Å². The van der Waals surface area contributed by atoms with Gasteiger partial charge in [0.05, 0.1) is 0 Å². The molecule has 2 aromatic rings. The summed E-state index contributed by atoms with van der Waals surface area (Å²) in [4.78, 5) is 23.5. The first kappa shape index (κ1) is 14.8. The van der Waals surface area contributed by atoms with E-state index in [4.69, 9.17) is 23.2 Å². The zero-order valence-corrected chi connectivity index (χ0v) is 12.3. The Morgan fingerprint density at radius 2 is 1.70 bits per heavy atom. The summed E-state index contributed by atoms with van der Waals surface area (Å²) in [5.41, 5.74) is 2.68. The van der Waals surface area contributed by atoms with Gasteiger partial charge in [0.2, 0.25) is 5.24 Å². The fraction of sp³-hybridized carbons (Fsp3) is 0.125. The molecule has 0 N–H and O–H groups in total. The van der Waals surface area contributed by atoms with E-state index >= 15 is 0 Å². The molecule has 0 aliphatic rings. The molecule has 0 amide bonds. The van der Waals surface area contributed by atoms with E-state index in [1.165, 1.54) is 0 Å². The van der Waals surface area contributed by atoms with Gasteiger partial charge in [-0.15, -0.1) is 0 Å². The second-order valence-corrected chi connectivity index (χ2v) is 5.32. The van der Waals surface area contributed by atoms with Crippen LogP contribution in [0.5, 0.6) is 0 Å². The number of ketones is 1. The first-order valence-corrected chi connectivity index (χ1v) is 6.81. The third-order valence-corrected chi connectivity index (χ3v) is 3.51. The Labute approximate surface area is 127 Å². The maximum absolute atomic E-state index is 12.5. The molecule has 0 spiro atoms. The Balaban J connectivity index is 2.39. The number of hydrogen-bond donors (Lipinski definition) is 0. The lowest BCUT2D eigenvalue weighted by Crippen LogP contribution is -2.07. The molecular weight excluding hydrogens is 295 g/mol. The summed E-state index contributed by atoms with van der Waals surface area (Å²) in [6.07, 6.45) is 0.120. The Morgan fingerprint density at radius 1 is 1.05 bits per heavy atom. The third-order valence-electron chi connectivity index (χ3n) is 3.13. The molecule has 2 rings (SSSR count). The molecule has 0 bridgehead atoms. The van der Waals surface area contributed by atoms with E-state index in [-0.39, 0.29) is 12.2 Å². The number of hydrogen-bond acceptors (Lipinski definition) is 2. The molecule has 0 saturated carbocycles. The summed E-state index contributed by atoms with van der Waals surface area (Å²) >= 11 is 11.2. The van der Waals surface area contributed by atoms with Gasteiger partial charge in [-0.3, -0.25) is 9.59 Å². The molecule has 2 aromatic carbocycles. The molecule has 0 unspecified atom stereocenters. The average Bonchev–Trinajstić information content (AvgIpc) is 2.41. The zero-order chi connectivity index (χ0) is 14.7. The second-order valence-electron chi connectivity index (χ2n) is 4.46. The normalized spacial score (nSPS) is 10.3. The van der Waals surface area contributed by atoms with E-state index in [1.807, 2.05) is 6.92 Å². The lowest BCUT2D eigenvalue weighted by atomic mass is 9.94. The van der Waals surface area contributed by atoms with Crippen LogP contribution < -0.4 is 0 Å². The number of halogens is 2. The smallest absolute Gasteiger partial charge is 0.226 e. The highest BCUT2D eigenvalue weighted by Crippen LogP contribution is 2.20. The molecular formula is C16H12Cl2O2. The van der Waals surface area contributed by atoms with Gasteiger partial charge in [-0.2, -0.15) is 0 Å². The fourth-order valence-corrected chi connectivity index (χ4v) is 2.30. The summed E-state index contributed by atoms with van der Waals surface area (Å²) in [6.45, 7) is 1.82. The quantitative estimate of drug-likeness (QED) is 0.627. The second kappa shape index (κ2) is 6.21. The Kier molecular flexibility index (Phi) is 4.58. The van der Waals surface area contributed by atoms with Crippen LogP contribution in [0.3, 0.4) is 0 Å². The Hall–Kier alpha value is -1.64. The summed E-state index contributed by atoms with van der Waals surface area (Å²) < 4.78 is 0. The van der Waals surface area contributed by atoms with Gasteiger partial charge >= 0.3 is 0 Å². The predicted molar refractivity (Wildman–Crippen MR) is 80.6 cm³/mol. The topological polar surface area (TPSA) is 34.1 Å². The average molecular weight is 307 g/mol. The monoisotopic (exact) mass is 306 g/mol. The highest BCUT2D eigenvalue weighted by molar-refractivity contribution is 6.63. The minimum absolute atomic E-state index is 0.0944. The maximum atomic E-state index is 12.5. The predicted octanol–water partition coefficient (Wildman–Crippen LogP) is 4.19. The molecule has 0 fully saturated rings.